The number of rotatable bonds is 3. The molecule has 184 valence electrons. The zero-order chi connectivity index (χ0) is 25.4. The molecule has 3 rings (SSSR count). The topological polar surface area (TPSA) is 172 Å². The standard InChI is InChI=1S/3C7H8O3S.Mn/c3*1-6-2-4-7(5-3-6)11(8,9)10;/h3*2-5H,1H3,(H,8,9,10);/q;;;+3/p-3. The van der Waals surface area contributed by atoms with Crippen LogP contribution < -0.4 is 0 Å². The summed E-state index contributed by atoms with van der Waals surface area (Å²) in [6, 6.07) is 17.3. The van der Waals surface area contributed by atoms with Crippen LogP contribution in [0.2, 0.25) is 0 Å². The second-order valence-electron chi connectivity index (χ2n) is 6.80. The molecule has 3 aromatic rings. The third-order valence-electron chi connectivity index (χ3n) is 3.93. The minimum absolute atomic E-state index is 0. The van der Waals surface area contributed by atoms with E-state index in [9.17, 15) is 38.9 Å². The minimum Gasteiger partial charge on any atom is -0.744 e. The Morgan fingerprint density at radius 1 is 0.412 bits per heavy atom. The van der Waals surface area contributed by atoms with Gasteiger partial charge in [-0.05, 0) is 57.2 Å². The summed E-state index contributed by atoms with van der Waals surface area (Å²) in [6.07, 6.45) is 0. The fourth-order valence-electron chi connectivity index (χ4n) is 2.11. The van der Waals surface area contributed by atoms with Crippen LogP contribution in [0, 0.1) is 20.8 Å². The molecule has 0 unspecified atom stereocenters. The van der Waals surface area contributed by atoms with Gasteiger partial charge in [0.25, 0.3) is 0 Å². The fourth-order valence-corrected chi connectivity index (χ4v) is 3.52. The van der Waals surface area contributed by atoms with Crippen molar-refractivity contribution in [1.82, 2.24) is 0 Å². The predicted molar refractivity (Wildman–Crippen MR) is 117 cm³/mol. The first-order valence-electron chi connectivity index (χ1n) is 9.08. The molecule has 13 heteroatoms. The Kier molecular flexibility index (Phi) is 12.3. The minimum atomic E-state index is -4.27. The molecule has 0 heterocycles. The van der Waals surface area contributed by atoms with E-state index in [1.54, 1.807) is 36.4 Å². The van der Waals surface area contributed by atoms with Gasteiger partial charge in [-0.1, -0.05) is 53.1 Å². The van der Waals surface area contributed by atoms with E-state index >= 15 is 0 Å². The smallest absolute Gasteiger partial charge is 0.744 e. The number of hydrogen-bond donors (Lipinski definition) is 0. The van der Waals surface area contributed by atoms with Gasteiger partial charge >= 0.3 is 17.1 Å². The monoisotopic (exact) mass is 568 g/mol. The molecule has 0 saturated carbocycles. The molecule has 0 amide bonds. The summed E-state index contributed by atoms with van der Waals surface area (Å²) < 4.78 is 93.5. The molecular formula is C21H21MnO9S3. The van der Waals surface area contributed by atoms with E-state index in [4.69, 9.17) is 0 Å². The molecular weight excluding hydrogens is 547 g/mol. The maximum Gasteiger partial charge on any atom is 3.00 e. The van der Waals surface area contributed by atoms with Gasteiger partial charge in [-0.2, -0.15) is 0 Å². The Balaban J connectivity index is 0.000000473. The third-order valence-corrected chi connectivity index (χ3v) is 6.48. The van der Waals surface area contributed by atoms with Crippen molar-refractivity contribution >= 4 is 30.4 Å². The Bertz CT molecular complexity index is 1190. The summed E-state index contributed by atoms with van der Waals surface area (Å²) in [5.41, 5.74) is 2.78. The predicted octanol–water partition coefficient (Wildman–Crippen LogP) is 2.69. The van der Waals surface area contributed by atoms with Crippen molar-refractivity contribution in [3.8, 4) is 0 Å². The molecule has 0 bridgehead atoms. The van der Waals surface area contributed by atoms with Gasteiger partial charge < -0.3 is 13.7 Å². The molecule has 0 spiro atoms. The van der Waals surface area contributed by atoms with E-state index in [0.29, 0.717) is 0 Å². The molecule has 0 N–H and O–H groups in total. The molecule has 0 saturated heterocycles. The maximum absolute atomic E-state index is 10.4. The average molecular weight is 569 g/mol. The van der Waals surface area contributed by atoms with Gasteiger partial charge in [0.05, 0.1) is 14.7 Å². The Hall–Kier alpha value is -2.09. The molecule has 3 aromatic carbocycles. The van der Waals surface area contributed by atoms with E-state index < -0.39 is 30.4 Å². The van der Waals surface area contributed by atoms with Crippen molar-refractivity contribution < 1.29 is 56.0 Å². The molecule has 0 aliphatic heterocycles. The summed E-state index contributed by atoms with van der Waals surface area (Å²) in [4.78, 5) is -0.533. The molecule has 0 aliphatic carbocycles. The van der Waals surface area contributed by atoms with Crippen LogP contribution in [-0.4, -0.2) is 38.9 Å². The third kappa shape index (κ3) is 11.9. The maximum atomic E-state index is 10.4. The number of benzene rings is 3. The fraction of sp³-hybridized carbons (Fsp3) is 0.143. The first-order valence-corrected chi connectivity index (χ1v) is 13.3. The van der Waals surface area contributed by atoms with Crippen LogP contribution in [0.4, 0.5) is 0 Å². The molecule has 0 aromatic heterocycles. The van der Waals surface area contributed by atoms with Crippen LogP contribution in [0.15, 0.2) is 87.5 Å². The van der Waals surface area contributed by atoms with Crippen molar-refractivity contribution in [1.29, 1.82) is 0 Å². The van der Waals surface area contributed by atoms with Gasteiger partial charge in [-0.15, -0.1) is 0 Å². The molecule has 0 fully saturated rings. The van der Waals surface area contributed by atoms with Crippen molar-refractivity contribution in [3.63, 3.8) is 0 Å². The Labute approximate surface area is 210 Å². The Morgan fingerprint density at radius 3 is 0.676 bits per heavy atom. The summed E-state index contributed by atoms with van der Waals surface area (Å²) in [6.45, 7) is 5.46. The normalized spacial score (nSPS) is 11.1. The van der Waals surface area contributed by atoms with Crippen LogP contribution in [0.5, 0.6) is 0 Å². The van der Waals surface area contributed by atoms with Gasteiger partial charge in [-0.3, -0.25) is 0 Å². The zero-order valence-electron chi connectivity index (χ0n) is 18.2. The van der Waals surface area contributed by atoms with Crippen LogP contribution in [0.1, 0.15) is 16.7 Å². The largest absolute Gasteiger partial charge is 3.00 e. The summed E-state index contributed by atoms with van der Waals surface area (Å²) in [5.74, 6) is 0. The zero-order valence-corrected chi connectivity index (χ0v) is 21.8. The van der Waals surface area contributed by atoms with Crippen LogP contribution in [-0.2, 0) is 47.4 Å². The van der Waals surface area contributed by atoms with Gasteiger partial charge in [0, 0.05) is 0 Å². The number of aryl methyl sites for hydroxylation is 3. The van der Waals surface area contributed by atoms with Crippen LogP contribution >= 0.6 is 0 Å². The van der Waals surface area contributed by atoms with Crippen LogP contribution in [0.25, 0.3) is 0 Å². The van der Waals surface area contributed by atoms with Gasteiger partial charge in [0.15, 0.2) is 0 Å². The second-order valence-corrected chi connectivity index (χ2v) is 10.9. The second kappa shape index (κ2) is 13.1. The summed E-state index contributed by atoms with van der Waals surface area (Å²) >= 11 is 0. The van der Waals surface area contributed by atoms with E-state index in [0.717, 1.165) is 16.7 Å². The van der Waals surface area contributed by atoms with Crippen molar-refractivity contribution in [2.24, 2.45) is 0 Å². The van der Waals surface area contributed by atoms with E-state index in [1.165, 1.54) is 36.4 Å². The average Bonchev–Trinajstić information content (AvgIpc) is 2.68. The number of hydrogen-bond acceptors (Lipinski definition) is 9. The Morgan fingerprint density at radius 2 is 0.559 bits per heavy atom. The first-order chi connectivity index (χ1) is 15.0. The first kappa shape index (κ1) is 31.9. The molecule has 34 heavy (non-hydrogen) atoms. The van der Waals surface area contributed by atoms with E-state index in [1.807, 2.05) is 20.8 Å². The van der Waals surface area contributed by atoms with Crippen molar-refractivity contribution in [2.45, 2.75) is 35.5 Å². The van der Waals surface area contributed by atoms with Crippen molar-refractivity contribution in [2.75, 3.05) is 0 Å². The molecule has 0 atom stereocenters. The van der Waals surface area contributed by atoms with Gasteiger partial charge in [0.2, 0.25) is 0 Å². The van der Waals surface area contributed by atoms with Gasteiger partial charge in [-0.25, -0.2) is 25.3 Å². The quantitative estimate of drug-likeness (QED) is 0.340. The molecule has 9 nitrogen and oxygen atoms in total. The summed E-state index contributed by atoms with van der Waals surface area (Å²) in [5, 5.41) is 0. The van der Waals surface area contributed by atoms with Gasteiger partial charge in [0.1, 0.15) is 30.4 Å². The SMILES string of the molecule is Cc1ccc(S(=O)(=O)[O-])cc1.Cc1ccc(S(=O)(=O)[O-])cc1.Cc1ccc(S(=O)(=O)[O-])cc1.[Mn+3]. The summed E-state index contributed by atoms with van der Waals surface area (Å²) in [7, 11) is -12.8. The molecule has 0 radical (unpaired) electrons. The van der Waals surface area contributed by atoms with E-state index in [2.05, 4.69) is 0 Å². The van der Waals surface area contributed by atoms with Crippen LogP contribution in [0.3, 0.4) is 0 Å². The van der Waals surface area contributed by atoms with Crippen molar-refractivity contribution in [3.05, 3.63) is 89.5 Å². The molecule has 0 aliphatic rings. The van der Waals surface area contributed by atoms with E-state index in [-0.39, 0.29) is 31.8 Å².